The van der Waals surface area contributed by atoms with Gasteiger partial charge >= 0.3 is 0 Å². The number of rotatable bonds is 5. The van der Waals surface area contributed by atoms with Crippen LogP contribution in [0.3, 0.4) is 0 Å². The molecule has 0 aromatic carbocycles. The number of hydrogen-bond acceptors (Lipinski definition) is 4. The van der Waals surface area contributed by atoms with Gasteiger partial charge in [0, 0.05) is 11.5 Å². The van der Waals surface area contributed by atoms with E-state index in [4.69, 9.17) is 10.6 Å². The van der Waals surface area contributed by atoms with Gasteiger partial charge in [-0.05, 0) is 49.6 Å². The molecule has 19 heavy (non-hydrogen) atoms. The molecule has 3 N–H and O–H groups in total. The molecule has 1 aromatic heterocycles. The highest BCUT2D eigenvalue weighted by Crippen LogP contribution is 2.44. The molecule has 2 rings (SSSR count). The standard InChI is InChI=1S/C15H26N2OS/c1-4-18-15(7-5-6-11(2)9-15)14(17-16)13-8-12(3)19-10-13/h8,10-11,14,17H,4-7,9,16H2,1-3H3. The molecule has 3 nitrogen and oxygen atoms in total. The molecule has 0 aliphatic heterocycles. The summed E-state index contributed by atoms with van der Waals surface area (Å²) in [7, 11) is 0. The quantitative estimate of drug-likeness (QED) is 0.641. The molecule has 0 amide bonds. The lowest BCUT2D eigenvalue weighted by Crippen LogP contribution is -2.51. The van der Waals surface area contributed by atoms with Gasteiger partial charge in [0.15, 0.2) is 0 Å². The Morgan fingerprint density at radius 3 is 2.95 bits per heavy atom. The first-order valence-corrected chi connectivity index (χ1v) is 8.14. The lowest BCUT2D eigenvalue weighted by molar-refractivity contribution is -0.102. The summed E-state index contributed by atoms with van der Waals surface area (Å²) in [5.74, 6) is 6.58. The van der Waals surface area contributed by atoms with Crippen LogP contribution in [0.5, 0.6) is 0 Å². The van der Waals surface area contributed by atoms with E-state index in [0.29, 0.717) is 5.92 Å². The number of nitrogens with one attached hydrogen (secondary N) is 1. The van der Waals surface area contributed by atoms with Crippen molar-refractivity contribution in [2.45, 2.75) is 58.1 Å². The number of aryl methyl sites for hydroxylation is 1. The maximum absolute atomic E-state index is 6.22. The van der Waals surface area contributed by atoms with Gasteiger partial charge in [-0.1, -0.05) is 19.8 Å². The normalized spacial score (nSPS) is 29.4. The van der Waals surface area contributed by atoms with Crippen molar-refractivity contribution in [1.82, 2.24) is 5.43 Å². The minimum absolute atomic E-state index is 0.0974. The highest BCUT2D eigenvalue weighted by Gasteiger charge is 2.43. The highest BCUT2D eigenvalue weighted by atomic mass is 32.1. The molecule has 3 atom stereocenters. The number of thiophene rings is 1. The first kappa shape index (κ1) is 15.0. The molecule has 1 saturated carbocycles. The van der Waals surface area contributed by atoms with E-state index in [-0.39, 0.29) is 11.6 Å². The molecular formula is C15H26N2OS. The van der Waals surface area contributed by atoms with E-state index in [0.717, 1.165) is 19.4 Å². The summed E-state index contributed by atoms with van der Waals surface area (Å²) in [6.07, 6.45) is 4.71. The van der Waals surface area contributed by atoms with Crippen LogP contribution in [0.2, 0.25) is 0 Å². The van der Waals surface area contributed by atoms with Gasteiger partial charge in [0.2, 0.25) is 0 Å². The van der Waals surface area contributed by atoms with E-state index in [9.17, 15) is 0 Å². The van der Waals surface area contributed by atoms with Gasteiger partial charge in [-0.3, -0.25) is 11.3 Å². The Morgan fingerprint density at radius 1 is 1.63 bits per heavy atom. The molecular weight excluding hydrogens is 256 g/mol. The average molecular weight is 282 g/mol. The molecule has 1 aromatic rings. The number of nitrogens with two attached hydrogens (primary N) is 1. The zero-order valence-electron chi connectivity index (χ0n) is 12.2. The fourth-order valence-corrected chi connectivity index (χ4v) is 4.20. The second kappa shape index (κ2) is 6.35. The van der Waals surface area contributed by atoms with Crippen LogP contribution in [0.4, 0.5) is 0 Å². The van der Waals surface area contributed by atoms with E-state index >= 15 is 0 Å². The number of ether oxygens (including phenoxy) is 1. The third-order valence-electron chi connectivity index (χ3n) is 4.20. The van der Waals surface area contributed by atoms with Gasteiger partial charge in [0.05, 0.1) is 11.6 Å². The predicted octanol–water partition coefficient (Wildman–Crippen LogP) is 3.55. The van der Waals surface area contributed by atoms with Crippen molar-refractivity contribution >= 4 is 11.3 Å². The predicted molar refractivity (Wildman–Crippen MR) is 81.1 cm³/mol. The van der Waals surface area contributed by atoms with E-state index < -0.39 is 0 Å². The van der Waals surface area contributed by atoms with Gasteiger partial charge in [0.25, 0.3) is 0 Å². The van der Waals surface area contributed by atoms with Crippen LogP contribution >= 0.6 is 11.3 Å². The Kier molecular flexibility index (Phi) is 5.01. The molecule has 0 bridgehead atoms. The Labute approximate surface area is 120 Å². The summed E-state index contributed by atoms with van der Waals surface area (Å²) >= 11 is 1.78. The zero-order chi connectivity index (χ0) is 13.9. The Bertz CT molecular complexity index is 403. The van der Waals surface area contributed by atoms with Crippen molar-refractivity contribution in [2.75, 3.05) is 6.61 Å². The van der Waals surface area contributed by atoms with Gasteiger partial charge < -0.3 is 4.74 Å². The maximum Gasteiger partial charge on any atom is 0.0891 e. The molecule has 1 fully saturated rings. The molecule has 0 saturated heterocycles. The topological polar surface area (TPSA) is 47.3 Å². The van der Waals surface area contributed by atoms with Crippen LogP contribution < -0.4 is 11.3 Å². The summed E-state index contributed by atoms with van der Waals surface area (Å²) in [5, 5.41) is 2.21. The summed E-state index contributed by atoms with van der Waals surface area (Å²) in [6.45, 7) is 7.28. The molecule has 1 heterocycles. The van der Waals surface area contributed by atoms with Crippen LogP contribution in [0.1, 0.15) is 56.0 Å². The van der Waals surface area contributed by atoms with E-state index in [2.05, 4.69) is 37.6 Å². The Hall–Kier alpha value is -0.420. The lowest BCUT2D eigenvalue weighted by atomic mass is 9.73. The molecule has 0 radical (unpaired) electrons. The fourth-order valence-electron chi connectivity index (χ4n) is 3.47. The molecule has 3 unspecified atom stereocenters. The minimum Gasteiger partial charge on any atom is -0.373 e. The van der Waals surface area contributed by atoms with Gasteiger partial charge in [0.1, 0.15) is 0 Å². The molecule has 108 valence electrons. The van der Waals surface area contributed by atoms with Gasteiger partial charge in [-0.25, -0.2) is 0 Å². The minimum atomic E-state index is -0.144. The number of hydrogen-bond donors (Lipinski definition) is 2. The molecule has 4 heteroatoms. The van der Waals surface area contributed by atoms with Crippen molar-refractivity contribution in [3.8, 4) is 0 Å². The van der Waals surface area contributed by atoms with E-state index in [1.54, 1.807) is 11.3 Å². The van der Waals surface area contributed by atoms with Crippen molar-refractivity contribution in [2.24, 2.45) is 11.8 Å². The van der Waals surface area contributed by atoms with Crippen LogP contribution in [-0.2, 0) is 4.74 Å². The zero-order valence-corrected chi connectivity index (χ0v) is 13.1. The van der Waals surface area contributed by atoms with E-state index in [1.165, 1.54) is 23.3 Å². The summed E-state index contributed by atoms with van der Waals surface area (Å²) in [6, 6.07) is 2.33. The maximum atomic E-state index is 6.22. The van der Waals surface area contributed by atoms with Crippen molar-refractivity contribution in [3.63, 3.8) is 0 Å². The smallest absolute Gasteiger partial charge is 0.0891 e. The van der Waals surface area contributed by atoms with Crippen LogP contribution in [0.25, 0.3) is 0 Å². The third kappa shape index (κ3) is 3.19. The summed E-state index contributed by atoms with van der Waals surface area (Å²) in [5.41, 5.74) is 4.16. The van der Waals surface area contributed by atoms with E-state index in [1.807, 2.05) is 0 Å². The molecule has 1 aliphatic rings. The van der Waals surface area contributed by atoms with Crippen LogP contribution in [0.15, 0.2) is 11.4 Å². The summed E-state index contributed by atoms with van der Waals surface area (Å²) in [4.78, 5) is 1.32. The second-order valence-electron chi connectivity index (χ2n) is 5.79. The highest BCUT2D eigenvalue weighted by molar-refractivity contribution is 7.10. The first-order chi connectivity index (χ1) is 9.11. The molecule has 0 spiro atoms. The van der Waals surface area contributed by atoms with Crippen LogP contribution in [0, 0.1) is 12.8 Å². The Balaban J connectivity index is 2.29. The van der Waals surface area contributed by atoms with Crippen molar-refractivity contribution < 1.29 is 4.74 Å². The monoisotopic (exact) mass is 282 g/mol. The summed E-state index contributed by atoms with van der Waals surface area (Å²) < 4.78 is 6.22. The van der Waals surface area contributed by atoms with Gasteiger partial charge in [-0.15, -0.1) is 11.3 Å². The van der Waals surface area contributed by atoms with Crippen LogP contribution in [-0.4, -0.2) is 12.2 Å². The third-order valence-corrected chi connectivity index (χ3v) is 5.08. The molecule has 1 aliphatic carbocycles. The fraction of sp³-hybridized carbons (Fsp3) is 0.733. The second-order valence-corrected chi connectivity index (χ2v) is 6.91. The Morgan fingerprint density at radius 2 is 2.42 bits per heavy atom. The van der Waals surface area contributed by atoms with Gasteiger partial charge in [-0.2, -0.15) is 0 Å². The first-order valence-electron chi connectivity index (χ1n) is 7.26. The largest absolute Gasteiger partial charge is 0.373 e. The average Bonchev–Trinajstić information content (AvgIpc) is 2.77. The lowest BCUT2D eigenvalue weighted by Gasteiger charge is -2.45. The SMILES string of the molecule is CCOC1(C(NN)c2csc(C)c2)CCCC(C)C1. The van der Waals surface area contributed by atoms with Crippen molar-refractivity contribution in [1.29, 1.82) is 0 Å². The van der Waals surface area contributed by atoms with Crippen molar-refractivity contribution in [3.05, 3.63) is 21.9 Å². The number of hydrazine groups is 1.